The molecule has 1 aromatic rings. The van der Waals surface area contributed by atoms with Gasteiger partial charge in [0.15, 0.2) is 5.96 Å². The molecule has 0 unspecified atom stereocenters. The van der Waals surface area contributed by atoms with E-state index >= 15 is 0 Å². The molecule has 1 aromatic carbocycles. The van der Waals surface area contributed by atoms with Crippen LogP contribution in [0, 0.1) is 11.7 Å². The Balaban J connectivity index is 2.54. The van der Waals surface area contributed by atoms with Crippen LogP contribution in [-0.4, -0.2) is 26.7 Å². The molecular weight excluding hydrogens is 281 g/mol. The molecule has 1 rings (SSSR count). The summed E-state index contributed by atoms with van der Waals surface area (Å²) in [5.74, 6) is 1.18. The SMILES string of the molecule is CCC(CC)CNC(=NC)NCc1ccc(F)c(COC)c1. The lowest BCUT2D eigenvalue weighted by atomic mass is 10.0. The number of hydrogen-bond acceptors (Lipinski definition) is 2. The second-order valence-electron chi connectivity index (χ2n) is 5.35. The van der Waals surface area contributed by atoms with Gasteiger partial charge in [0.1, 0.15) is 5.82 Å². The van der Waals surface area contributed by atoms with Crippen molar-refractivity contribution >= 4 is 5.96 Å². The van der Waals surface area contributed by atoms with Gasteiger partial charge in [-0.3, -0.25) is 4.99 Å². The highest BCUT2D eigenvalue weighted by molar-refractivity contribution is 5.79. The van der Waals surface area contributed by atoms with E-state index in [2.05, 4.69) is 29.5 Å². The maximum atomic E-state index is 13.6. The molecule has 0 atom stereocenters. The van der Waals surface area contributed by atoms with Crippen molar-refractivity contribution in [1.82, 2.24) is 10.6 Å². The summed E-state index contributed by atoms with van der Waals surface area (Å²) in [5, 5.41) is 6.59. The van der Waals surface area contributed by atoms with Crippen LogP contribution < -0.4 is 10.6 Å². The summed E-state index contributed by atoms with van der Waals surface area (Å²) < 4.78 is 18.6. The van der Waals surface area contributed by atoms with Crippen molar-refractivity contribution < 1.29 is 9.13 Å². The standard InChI is InChI=1S/C17H28FN3O/c1-5-13(6-2)10-20-17(19-3)21-11-14-7-8-16(18)15(9-14)12-22-4/h7-9,13H,5-6,10-12H2,1-4H3,(H2,19,20,21). The number of ether oxygens (including phenoxy) is 1. The fourth-order valence-corrected chi connectivity index (χ4v) is 2.23. The van der Waals surface area contributed by atoms with Gasteiger partial charge in [-0.05, 0) is 23.6 Å². The van der Waals surface area contributed by atoms with Crippen LogP contribution in [0.25, 0.3) is 0 Å². The molecule has 124 valence electrons. The van der Waals surface area contributed by atoms with Crippen LogP contribution in [0.5, 0.6) is 0 Å². The van der Waals surface area contributed by atoms with Crippen LogP contribution in [0.2, 0.25) is 0 Å². The van der Waals surface area contributed by atoms with Gasteiger partial charge >= 0.3 is 0 Å². The largest absolute Gasteiger partial charge is 0.380 e. The Morgan fingerprint density at radius 1 is 1.27 bits per heavy atom. The molecule has 0 aliphatic carbocycles. The summed E-state index contributed by atoms with van der Waals surface area (Å²) in [4.78, 5) is 4.22. The number of halogens is 1. The number of benzene rings is 1. The molecule has 0 aliphatic heterocycles. The first-order valence-corrected chi connectivity index (χ1v) is 7.85. The molecule has 0 bridgehead atoms. The molecule has 0 fully saturated rings. The van der Waals surface area contributed by atoms with Gasteiger partial charge in [-0.1, -0.05) is 32.8 Å². The quantitative estimate of drug-likeness (QED) is 0.573. The van der Waals surface area contributed by atoms with Crippen molar-refractivity contribution in [2.24, 2.45) is 10.9 Å². The van der Waals surface area contributed by atoms with Gasteiger partial charge in [0.2, 0.25) is 0 Å². The van der Waals surface area contributed by atoms with E-state index < -0.39 is 0 Å². The number of rotatable bonds is 8. The summed E-state index contributed by atoms with van der Waals surface area (Å²) in [6, 6.07) is 5.07. The second-order valence-corrected chi connectivity index (χ2v) is 5.35. The molecule has 0 amide bonds. The van der Waals surface area contributed by atoms with Crippen molar-refractivity contribution in [2.45, 2.75) is 39.8 Å². The van der Waals surface area contributed by atoms with Crippen LogP contribution in [0.15, 0.2) is 23.2 Å². The predicted octanol–water partition coefficient (Wildman–Crippen LogP) is 3.07. The van der Waals surface area contributed by atoms with Gasteiger partial charge in [0, 0.05) is 32.8 Å². The molecule has 22 heavy (non-hydrogen) atoms. The lowest BCUT2D eigenvalue weighted by molar-refractivity contribution is 0.181. The Labute approximate surface area is 133 Å². The number of aliphatic imine (C=N–C) groups is 1. The Hall–Kier alpha value is -1.62. The van der Waals surface area contributed by atoms with E-state index in [1.54, 1.807) is 20.2 Å². The maximum Gasteiger partial charge on any atom is 0.191 e. The highest BCUT2D eigenvalue weighted by atomic mass is 19.1. The smallest absolute Gasteiger partial charge is 0.191 e. The van der Waals surface area contributed by atoms with Gasteiger partial charge in [0.25, 0.3) is 0 Å². The minimum Gasteiger partial charge on any atom is -0.380 e. The normalized spacial score (nSPS) is 11.8. The molecule has 0 radical (unpaired) electrons. The number of guanidine groups is 1. The van der Waals surface area contributed by atoms with Crippen molar-refractivity contribution in [1.29, 1.82) is 0 Å². The average Bonchev–Trinajstić information content (AvgIpc) is 2.54. The minimum absolute atomic E-state index is 0.234. The van der Waals surface area contributed by atoms with E-state index in [9.17, 15) is 4.39 Å². The molecule has 4 nitrogen and oxygen atoms in total. The molecule has 2 N–H and O–H groups in total. The fourth-order valence-electron chi connectivity index (χ4n) is 2.23. The van der Waals surface area contributed by atoms with Gasteiger partial charge in [-0.2, -0.15) is 0 Å². The third-order valence-electron chi connectivity index (χ3n) is 3.81. The van der Waals surface area contributed by atoms with Gasteiger partial charge in [-0.25, -0.2) is 4.39 Å². The van der Waals surface area contributed by atoms with Crippen molar-refractivity contribution in [2.75, 3.05) is 20.7 Å². The Kier molecular flexibility index (Phi) is 8.51. The van der Waals surface area contributed by atoms with E-state index in [0.717, 1.165) is 30.9 Å². The summed E-state index contributed by atoms with van der Waals surface area (Å²) >= 11 is 0. The Morgan fingerprint density at radius 2 is 2.00 bits per heavy atom. The highest BCUT2D eigenvalue weighted by Crippen LogP contribution is 2.11. The van der Waals surface area contributed by atoms with Crippen LogP contribution in [0.3, 0.4) is 0 Å². The van der Waals surface area contributed by atoms with E-state index in [1.807, 2.05) is 6.07 Å². The Bertz CT molecular complexity index is 473. The second kappa shape index (κ2) is 10.2. The molecular formula is C17H28FN3O. The summed E-state index contributed by atoms with van der Waals surface area (Å²) in [6.45, 7) is 6.18. The van der Waals surface area contributed by atoms with Crippen molar-refractivity contribution in [3.8, 4) is 0 Å². The van der Waals surface area contributed by atoms with E-state index in [1.165, 1.54) is 6.07 Å². The summed E-state index contributed by atoms with van der Waals surface area (Å²) in [6.07, 6.45) is 2.30. The molecule has 0 spiro atoms. The van der Waals surface area contributed by atoms with E-state index in [4.69, 9.17) is 4.74 Å². The van der Waals surface area contributed by atoms with Gasteiger partial charge in [-0.15, -0.1) is 0 Å². The molecule has 0 heterocycles. The third kappa shape index (κ3) is 6.02. The summed E-state index contributed by atoms with van der Waals surface area (Å²) in [5.41, 5.74) is 1.57. The number of methoxy groups -OCH3 is 1. The van der Waals surface area contributed by atoms with Gasteiger partial charge < -0.3 is 15.4 Å². The zero-order chi connectivity index (χ0) is 16.4. The molecule has 0 saturated carbocycles. The number of nitrogens with one attached hydrogen (secondary N) is 2. The molecule has 0 aliphatic rings. The first-order chi connectivity index (χ1) is 10.6. The first-order valence-electron chi connectivity index (χ1n) is 7.85. The third-order valence-corrected chi connectivity index (χ3v) is 3.81. The molecule has 0 aromatic heterocycles. The molecule has 5 heteroatoms. The lowest BCUT2D eigenvalue weighted by Crippen LogP contribution is -2.39. The minimum atomic E-state index is -0.234. The molecule has 0 saturated heterocycles. The van der Waals surface area contributed by atoms with Crippen LogP contribution >= 0.6 is 0 Å². The summed E-state index contributed by atoms with van der Waals surface area (Å²) in [7, 11) is 3.32. The topological polar surface area (TPSA) is 45.7 Å². The van der Waals surface area contributed by atoms with E-state index in [-0.39, 0.29) is 12.4 Å². The Morgan fingerprint density at radius 3 is 2.59 bits per heavy atom. The average molecular weight is 309 g/mol. The fraction of sp³-hybridized carbons (Fsp3) is 0.588. The zero-order valence-electron chi connectivity index (χ0n) is 14.1. The van der Waals surface area contributed by atoms with Crippen molar-refractivity contribution in [3.05, 3.63) is 35.1 Å². The monoisotopic (exact) mass is 309 g/mol. The predicted molar refractivity (Wildman–Crippen MR) is 89.4 cm³/mol. The zero-order valence-corrected chi connectivity index (χ0v) is 14.1. The van der Waals surface area contributed by atoms with Gasteiger partial charge in [0.05, 0.1) is 6.61 Å². The lowest BCUT2D eigenvalue weighted by Gasteiger charge is -2.17. The van der Waals surface area contributed by atoms with Crippen molar-refractivity contribution in [3.63, 3.8) is 0 Å². The highest BCUT2D eigenvalue weighted by Gasteiger charge is 2.06. The van der Waals surface area contributed by atoms with Crippen LogP contribution in [0.4, 0.5) is 4.39 Å². The van der Waals surface area contributed by atoms with Crippen LogP contribution in [0.1, 0.15) is 37.8 Å². The number of nitrogens with zero attached hydrogens (tertiary/aromatic N) is 1. The maximum absolute atomic E-state index is 13.6. The first kappa shape index (κ1) is 18.4. The van der Waals surface area contributed by atoms with Crippen LogP contribution in [-0.2, 0) is 17.9 Å². The van der Waals surface area contributed by atoms with E-state index in [0.29, 0.717) is 18.0 Å². The number of hydrogen-bond donors (Lipinski definition) is 2.